The van der Waals surface area contributed by atoms with E-state index in [0.717, 1.165) is 5.06 Å². The molecule has 0 saturated heterocycles. The largest absolute Gasteiger partial charge is 0.314 e. The molecule has 1 aromatic rings. The van der Waals surface area contributed by atoms with Gasteiger partial charge in [0.2, 0.25) is 0 Å². The van der Waals surface area contributed by atoms with Crippen LogP contribution in [0.5, 0.6) is 0 Å². The van der Waals surface area contributed by atoms with E-state index in [1.54, 1.807) is 31.5 Å². The molecule has 0 aliphatic rings. The fraction of sp³-hybridized carbons (Fsp3) is 0.400. The number of carbonyl (C=O) groups is 1. The molecule has 0 aliphatic heterocycles. The second-order valence-corrected chi connectivity index (χ2v) is 3.43. The van der Waals surface area contributed by atoms with Gasteiger partial charge in [0.25, 0.3) is 5.91 Å². The summed E-state index contributed by atoms with van der Waals surface area (Å²) >= 11 is 0. The third-order valence-electron chi connectivity index (χ3n) is 2.27. The minimum Gasteiger partial charge on any atom is -0.314 e. The SMILES string of the molecule is CON(C)C(=O)[C@@](C)(N)c1cccnc1. The van der Waals surface area contributed by atoms with Gasteiger partial charge < -0.3 is 5.73 Å². The molecular formula is C10H15N3O2. The maximum absolute atomic E-state index is 11.8. The molecular weight excluding hydrogens is 194 g/mol. The lowest BCUT2D eigenvalue weighted by atomic mass is 9.94. The lowest BCUT2D eigenvalue weighted by Gasteiger charge is -2.27. The molecule has 0 aromatic carbocycles. The van der Waals surface area contributed by atoms with Crippen LogP contribution in [0.2, 0.25) is 0 Å². The van der Waals surface area contributed by atoms with Gasteiger partial charge in [-0.1, -0.05) is 6.07 Å². The standard InChI is InChI=1S/C10H15N3O2/c1-10(11,9(14)13(2)15-3)8-5-4-6-12-7-8/h4-7H,11H2,1-3H3/t10-/m0/s1. The molecule has 1 heterocycles. The topological polar surface area (TPSA) is 68.5 Å². The Hall–Kier alpha value is -1.46. The van der Waals surface area contributed by atoms with Crippen LogP contribution in [0.3, 0.4) is 0 Å². The first-order valence-electron chi connectivity index (χ1n) is 4.51. The number of nitrogens with two attached hydrogens (primary N) is 1. The molecule has 5 nitrogen and oxygen atoms in total. The van der Waals surface area contributed by atoms with Crippen molar-refractivity contribution in [3.63, 3.8) is 0 Å². The number of hydroxylamine groups is 2. The molecule has 0 saturated carbocycles. The minimum absolute atomic E-state index is 0.321. The lowest BCUT2D eigenvalue weighted by Crippen LogP contribution is -2.49. The van der Waals surface area contributed by atoms with Crippen molar-refractivity contribution in [2.24, 2.45) is 5.73 Å². The second-order valence-electron chi connectivity index (χ2n) is 3.43. The van der Waals surface area contributed by atoms with Crippen molar-refractivity contribution >= 4 is 5.91 Å². The van der Waals surface area contributed by atoms with E-state index in [-0.39, 0.29) is 5.91 Å². The minimum atomic E-state index is -1.13. The molecule has 5 heteroatoms. The summed E-state index contributed by atoms with van der Waals surface area (Å²) in [6, 6.07) is 3.49. The second kappa shape index (κ2) is 4.37. The van der Waals surface area contributed by atoms with E-state index in [9.17, 15) is 4.79 Å². The summed E-state index contributed by atoms with van der Waals surface area (Å²) in [5, 5.41) is 1.10. The number of likely N-dealkylation sites (N-methyl/N-ethyl adjacent to an activating group) is 1. The number of amides is 1. The zero-order chi connectivity index (χ0) is 11.5. The first kappa shape index (κ1) is 11.6. The maximum atomic E-state index is 11.8. The van der Waals surface area contributed by atoms with E-state index in [1.165, 1.54) is 14.2 Å². The first-order chi connectivity index (χ1) is 7.00. The molecule has 0 fully saturated rings. The summed E-state index contributed by atoms with van der Waals surface area (Å²) in [5.41, 5.74) is 5.47. The van der Waals surface area contributed by atoms with E-state index in [0.29, 0.717) is 5.56 Å². The third-order valence-corrected chi connectivity index (χ3v) is 2.27. The summed E-state index contributed by atoms with van der Waals surface area (Å²) in [6.07, 6.45) is 3.20. The summed E-state index contributed by atoms with van der Waals surface area (Å²) in [5.74, 6) is -0.321. The highest BCUT2D eigenvalue weighted by Gasteiger charge is 2.33. The maximum Gasteiger partial charge on any atom is 0.270 e. The van der Waals surface area contributed by atoms with Gasteiger partial charge in [0.05, 0.1) is 7.11 Å². The number of aromatic nitrogens is 1. The van der Waals surface area contributed by atoms with Crippen LogP contribution in [-0.4, -0.2) is 30.1 Å². The van der Waals surface area contributed by atoms with Gasteiger partial charge in [0.1, 0.15) is 5.54 Å². The molecule has 82 valence electrons. The van der Waals surface area contributed by atoms with Crippen molar-refractivity contribution in [2.45, 2.75) is 12.5 Å². The molecule has 0 aliphatic carbocycles. The fourth-order valence-corrected chi connectivity index (χ4v) is 1.20. The number of hydrogen-bond acceptors (Lipinski definition) is 4. The van der Waals surface area contributed by atoms with Crippen molar-refractivity contribution in [3.05, 3.63) is 30.1 Å². The van der Waals surface area contributed by atoms with Gasteiger partial charge in [-0.05, 0) is 18.6 Å². The normalized spacial score (nSPS) is 14.4. The highest BCUT2D eigenvalue weighted by Crippen LogP contribution is 2.18. The van der Waals surface area contributed by atoms with Gasteiger partial charge in [-0.2, -0.15) is 0 Å². The Labute approximate surface area is 88.8 Å². The molecule has 1 rings (SSSR count). The Bertz CT molecular complexity index is 338. The Morgan fingerprint density at radius 2 is 2.33 bits per heavy atom. The monoisotopic (exact) mass is 209 g/mol. The summed E-state index contributed by atoms with van der Waals surface area (Å²) < 4.78 is 0. The highest BCUT2D eigenvalue weighted by atomic mass is 16.7. The summed E-state index contributed by atoms with van der Waals surface area (Å²) in [6.45, 7) is 1.63. The van der Waals surface area contributed by atoms with Crippen LogP contribution in [-0.2, 0) is 15.2 Å². The first-order valence-corrected chi connectivity index (χ1v) is 4.51. The van der Waals surface area contributed by atoms with Crippen molar-refractivity contribution in [1.29, 1.82) is 0 Å². The lowest BCUT2D eigenvalue weighted by molar-refractivity contribution is -0.174. The van der Waals surface area contributed by atoms with Gasteiger partial charge in [0, 0.05) is 19.4 Å². The van der Waals surface area contributed by atoms with Gasteiger partial charge in [-0.3, -0.25) is 14.6 Å². The zero-order valence-corrected chi connectivity index (χ0v) is 9.10. The van der Waals surface area contributed by atoms with Crippen molar-refractivity contribution in [3.8, 4) is 0 Å². The van der Waals surface area contributed by atoms with E-state index < -0.39 is 5.54 Å². The van der Waals surface area contributed by atoms with Crippen molar-refractivity contribution < 1.29 is 9.63 Å². The number of pyridine rings is 1. The number of hydrogen-bond donors (Lipinski definition) is 1. The van der Waals surface area contributed by atoms with Crippen molar-refractivity contribution in [1.82, 2.24) is 10.0 Å². The molecule has 1 atom stereocenters. The van der Waals surface area contributed by atoms with E-state index >= 15 is 0 Å². The molecule has 1 amide bonds. The number of nitrogens with zero attached hydrogens (tertiary/aromatic N) is 2. The number of rotatable bonds is 3. The van der Waals surface area contributed by atoms with E-state index in [4.69, 9.17) is 10.6 Å². The fourth-order valence-electron chi connectivity index (χ4n) is 1.20. The summed E-state index contributed by atoms with van der Waals surface area (Å²) in [7, 11) is 2.93. The molecule has 2 N–H and O–H groups in total. The van der Waals surface area contributed by atoms with Crippen LogP contribution >= 0.6 is 0 Å². The molecule has 0 spiro atoms. The molecule has 1 aromatic heterocycles. The highest BCUT2D eigenvalue weighted by molar-refractivity contribution is 5.85. The molecule has 0 bridgehead atoms. The Kier molecular flexibility index (Phi) is 3.39. The smallest absolute Gasteiger partial charge is 0.270 e. The van der Waals surface area contributed by atoms with Gasteiger partial charge >= 0.3 is 0 Å². The predicted octanol–water partition coefficient (Wildman–Crippen LogP) is 0.275. The Morgan fingerprint density at radius 3 is 2.80 bits per heavy atom. The van der Waals surface area contributed by atoms with Crippen molar-refractivity contribution in [2.75, 3.05) is 14.2 Å². The molecule has 0 unspecified atom stereocenters. The van der Waals surface area contributed by atoms with Crippen LogP contribution in [0.15, 0.2) is 24.5 Å². The zero-order valence-electron chi connectivity index (χ0n) is 9.10. The van der Waals surface area contributed by atoms with Crippen LogP contribution < -0.4 is 5.73 Å². The molecule has 0 radical (unpaired) electrons. The Balaban J connectivity index is 2.98. The average molecular weight is 209 g/mol. The van der Waals surface area contributed by atoms with Crippen LogP contribution in [0, 0.1) is 0 Å². The summed E-state index contributed by atoms with van der Waals surface area (Å²) in [4.78, 5) is 20.6. The Morgan fingerprint density at radius 1 is 1.67 bits per heavy atom. The molecule has 15 heavy (non-hydrogen) atoms. The van der Waals surface area contributed by atoms with Crippen LogP contribution in [0.1, 0.15) is 12.5 Å². The average Bonchev–Trinajstić information content (AvgIpc) is 2.28. The predicted molar refractivity (Wildman–Crippen MR) is 55.6 cm³/mol. The van der Waals surface area contributed by atoms with Crippen LogP contribution in [0.25, 0.3) is 0 Å². The van der Waals surface area contributed by atoms with Gasteiger partial charge in [-0.25, -0.2) is 5.06 Å². The number of carbonyl (C=O) groups excluding carboxylic acids is 1. The quantitative estimate of drug-likeness (QED) is 0.726. The van der Waals surface area contributed by atoms with E-state index in [1.807, 2.05) is 0 Å². The van der Waals surface area contributed by atoms with Crippen LogP contribution in [0.4, 0.5) is 0 Å². The van der Waals surface area contributed by atoms with Gasteiger partial charge in [0.15, 0.2) is 0 Å². The third kappa shape index (κ3) is 2.31. The van der Waals surface area contributed by atoms with E-state index in [2.05, 4.69) is 4.98 Å². The van der Waals surface area contributed by atoms with Gasteiger partial charge in [-0.15, -0.1) is 0 Å².